The molecule has 0 spiro atoms. The van der Waals surface area contributed by atoms with Gasteiger partial charge in [-0.05, 0) is 0 Å². The molecule has 2 fully saturated rings. The standard InChI is InChI=1S/C27H36N2O6SSe/c30-29(31)24-15-7-8-16-26(24)36(32,33)28-23(19-21-11-3-1-4-12-21)25(35-27-17-9-10-18-34-27)20-37-22-13-5-2-6-14-22/h2,5-8,13-16,21,23,25,27-28H,1,3-4,9-12,17-20H2/t23-,25?,27?/m0/s1. The van der Waals surface area contributed by atoms with Crippen molar-refractivity contribution in [2.45, 2.75) is 86.4 Å². The molecule has 0 amide bonds. The van der Waals surface area contributed by atoms with Crippen LogP contribution < -0.4 is 9.18 Å². The van der Waals surface area contributed by atoms with E-state index in [1.165, 1.54) is 35.1 Å². The molecule has 1 aliphatic heterocycles. The molecular formula is C27H36N2O6SSe. The first-order valence-electron chi connectivity index (χ1n) is 13.1. The molecule has 2 aromatic rings. The van der Waals surface area contributed by atoms with Crippen molar-refractivity contribution in [1.82, 2.24) is 4.72 Å². The van der Waals surface area contributed by atoms with E-state index in [9.17, 15) is 18.5 Å². The molecule has 3 atom stereocenters. The molecule has 2 unspecified atom stereocenters. The first-order chi connectivity index (χ1) is 17.9. The average molecular weight is 596 g/mol. The number of nitrogens with zero attached hydrogens (tertiary/aromatic N) is 1. The Kier molecular flexibility index (Phi) is 10.5. The molecule has 2 aromatic carbocycles. The van der Waals surface area contributed by atoms with Gasteiger partial charge in [0.15, 0.2) is 0 Å². The van der Waals surface area contributed by atoms with Gasteiger partial charge < -0.3 is 0 Å². The van der Waals surface area contributed by atoms with Gasteiger partial charge in [0, 0.05) is 0 Å². The topological polar surface area (TPSA) is 108 Å². The number of hydrogen-bond acceptors (Lipinski definition) is 6. The minimum atomic E-state index is -4.16. The third kappa shape index (κ3) is 8.34. The molecule has 1 saturated heterocycles. The van der Waals surface area contributed by atoms with Crippen LogP contribution in [0.1, 0.15) is 57.8 Å². The fourth-order valence-corrected chi connectivity index (χ4v) is 8.70. The summed E-state index contributed by atoms with van der Waals surface area (Å²) in [6, 6.07) is 15.2. The van der Waals surface area contributed by atoms with Crippen molar-refractivity contribution in [2.24, 2.45) is 5.92 Å². The van der Waals surface area contributed by atoms with Gasteiger partial charge >= 0.3 is 226 Å². The Morgan fingerprint density at radius 3 is 2.41 bits per heavy atom. The van der Waals surface area contributed by atoms with Gasteiger partial charge in [0.2, 0.25) is 0 Å². The fraction of sp³-hybridized carbons (Fsp3) is 0.556. The SMILES string of the molecule is O=[N+]([O-])c1ccccc1S(=O)(=O)N[C@@H](CC1CCCCC1)C(C[Se]c1ccccc1)OC1CCCCO1. The molecule has 0 bridgehead atoms. The van der Waals surface area contributed by atoms with E-state index < -0.39 is 32.8 Å². The Bertz CT molecular complexity index is 1100. The maximum absolute atomic E-state index is 13.6. The van der Waals surface area contributed by atoms with E-state index in [4.69, 9.17) is 9.47 Å². The summed E-state index contributed by atoms with van der Waals surface area (Å²) in [5, 5.41) is 12.3. The normalized spacial score (nSPS) is 20.8. The van der Waals surface area contributed by atoms with Crippen LogP contribution in [-0.2, 0) is 19.5 Å². The summed E-state index contributed by atoms with van der Waals surface area (Å²) < 4.78 is 43.6. The zero-order chi connectivity index (χ0) is 26.1. The van der Waals surface area contributed by atoms with Crippen molar-refractivity contribution in [1.29, 1.82) is 0 Å². The van der Waals surface area contributed by atoms with E-state index in [2.05, 4.69) is 16.9 Å². The second-order valence-electron chi connectivity index (χ2n) is 9.79. The van der Waals surface area contributed by atoms with E-state index >= 15 is 0 Å². The predicted octanol–water partition coefficient (Wildman–Crippen LogP) is 4.57. The molecule has 1 aliphatic carbocycles. The van der Waals surface area contributed by atoms with Crippen LogP contribution in [0.25, 0.3) is 0 Å². The Morgan fingerprint density at radius 1 is 1.00 bits per heavy atom. The number of nitrogens with one attached hydrogen (secondary N) is 1. The summed E-state index contributed by atoms with van der Waals surface area (Å²) in [7, 11) is -4.16. The van der Waals surface area contributed by atoms with E-state index in [0.717, 1.165) is 44.9 Å². The van der Waals surface area contributed by atoms with Crippen LogP contribution in [0.3, 0.4) is 0 Å². The van der Waals surface area contributed by atoms with Gasteiger partial charge in [-0.2, -0.15) is 0 Å². The van der Waals surface area contributed by atoms with Crippen LogP contribution in [0.5, 0.6) is 0 Å². The van der Waals surface area contributed by atoms with Crippen LogP contribution in [0, 0.1) is 16.0 Å². The van der Waals surface area contributed by atoms with Crippen molar-refractivity contribution in [3.63, 3.8) is 0 Å². The predicted molar refractivity (Wildman–Crippen MR) is 143 cm³/mol. The number of benzene rings is 2. The number of para-hydroxylation sites is 1. The number of ether oxygens (including phenoxy) is 2. The molecule has 0 aromatic heterocycles. The Hall–Kier alpha value is -1.81. The van der Waals surface area contributed by atoms with Gasteiger partial charge in [-0.3, -0.25) is 0 Å². The Labute approximate surface area is 225 Å². The second kappa shape index (κ2) is 13.8. The maximum atomic E-state index is 13.6. The monoisotopic (exact) mass is 596 g/mol. The van der Waals surface area contributed by atoms with Crippen molar-refractivity contribution in [3.05, 3.63) is 64.7 Å². The van der Waals surface area contributed by atoms with Crippen LogP contribution in [-0.4, -0.2) is 53.3 Å². The fourth-order valence-electron chi connectivity index (χ4n) is 5.11. The summed E-state index contributed by atoms with van der Waals surface area (Å²) in [6.45, 7) is 0.635. The summed E-state index contributed by atoms with van der Waals surface area (Å²) in [5.74, 6) is 0.384. The molecule has 1 N–H and O–H groups in total. The summed E-state index contributed by atoms with van der Waals surface area (Å²) in [4.78, 5) is 10.6. The van der Waals surface area contributed by atoms with Crippen LogP contribution in [0.15, 0.2) is 59.5 Å². The van der Waals surface area contributed by atoms with Gasteiger partial charge in [0.25, 0.3) is 0 Å². The zero-order valence-corrected chi connectivity index (χ0v) is 23.5. The minimum absolute atomic E-state index is 0.0651. The third-order valence-corrected chi connectivity index (χ3v) is 10.9. The Morgan fingerprint density at radius 2 is 1.70 bits per heavy atom. The first-order valence-corrected chi connectivity index (χ1v) is 16.7. The molecule has 8 nitrogen and oxygen atoms in total. The van der Waals surface area contributed by atoms with Crippen LogP contribution >= 0.6 is 0 Å². The molecule has 2 aliphatic rings. The summed E-state index contributed by atoms with van der Waals surface area (Å²) >= 11 is 0.0651. The molecule has 4 rings (SSSR count). The van der Waals surface area contributed by atoms with Crippen LogP contribution in [0.4, 0.5) is 5.69 Å². The molecule has 37 heavy (non-hydrogen) atoms. The number of rotatable bonds is 12. The van der Waals surface area contributed by atoms with Gasteiger partial charge in [0.05, 0.1) is 0 Å². The van der Waals surface area contributed by atoms with E-state index in [0.29, 0.717) is 24.3 Å². The number of nitro groups is 1. The third-order valence-electron chi connectivity index (χ3n) is 7.04. The summed E-state index contributed by atoms with van der Waals surface area (Å²) in [5.41, 5.74) is -0.423. The van der Waals surface area contributed by atoms with Crippen molar-refractivity contribution in [3.8, 4) is 0 Å². The van der Waals surface area contributed by atoms with Crippen molar-refractivity contribution in [2.75, 3.05) is 6.61 Å². The van der Waals surface area contributed by atoms with Crippen LogP contribution in [0.2, 0.25) is 5.32 Å². The van der Waals surface area contributed by atoms with Crippen molar-refractivity contribution < 1.29 is 22.8 Å². The first kappa shape index (κ1) is 28.2. The molecule has 202 valence electrons. The molecule has 10 heteroatoms. The number of hydrogen-bond donors (Lipinski definition) is 1. The van der Waals surface area contributed by atoms with Gasteiger partial charge in [-0.25, -0.2) is 0 Å². The molecular weight excluding hydrogens is 559 g/mol. The van der Waals surface area contributed by atoms with Gasteiger partial charge in [0.1, 0.15) is 0 Å². The van der Waals surface area contributed by atoms with E-state index in [1.807, 2.05) is 18.2 Å². The summed E-state index contributed by atoms with van der Waals surface area (Å²) in [6.07, 6.45) is 8.25. The quantitative estimate of drug-likeness (QED) is 0.219. The van der Waals surface area contributed by atoms with Gasteiger partial charge in [-0.15, -0.1) is 0 Å². The van der Waals surface area contributed by atoms with Gasteiger partial charge in [-0.1, -0.05) is 0 Å². The second-order valence-corrected chi connectivity index (χ2v) is 13.8. The molecule has 1 saturated carbocycles. The molecule has 1 heterocycles. The zero-order valence-electron chi connectivity index (χ0n) is 21.0. The average Bonchev–Trinajstić information content (AvgIpc) is 2.92. The Balaban J connectivity index is 1.62. The number of sulfonamides is 1. The number of nitro benzene ring substituents is 1. The van der Waals surface area contributed by atoms with E-state index in [1.54, 1.807) is 0 Å². The molecule has 0 radical (unpaired) electrons. The van der Waals surface area contributed by atoms with Crippen molar-refractivity contribution >= 4 is 35.1 Å². The van der Waals surface area contributed by atoms with E-state index in [-0.39, 0.29) is 26.1 Å².